The number of hydrogen-bond acceptors (Lipinski definition) is 2. The van der Waals surface area contributed by atoms with Crippen LogP contribution in [0.25, 0.3) is 0 Å². The van der Waals surface area contributed by atoms with E-state index >= 15 is 0 Å². The molecule has 0 aromatic heterocycles. The van der Waals surface area contributed by atoms with Gasteiger partial charge in [0.05, 0.1) is 0 Å². The van der Waals surface area contributed by atoms with Gasteiger partial charge >= 0.3 is 6.03 Å². The Bertz CT molecular complexity index is 166. The van der Waals surface area contributed by atoms with Gasteiger partial charge in [0.2, 0.25) is 0 Å². The summed E-state index contributed by atoms with van der Waals surface area (Å²) in [6, 6.07) is -0.365. The Kier molecular flexibility index (Phi) is 5.82. The third-order valence-corrected chi connectivity index (χ3v) is 2.34. The Morgan fingerprint density at radius 2 is 2.23 bits per heavy atom. The molecule has 1 aliphatic heterocycles. The van der Waals surface area contributed by atoms with Crippen LogP contribution in [0.3, 0.4) is 0 Å². The van der Waals surface area contributed by atoms with Gasteiger partial charge in [-0.15, -0.1) is 12.4 Å². The third kappa shape index (κ3) is 3.83. The van der Waals surface area contributed by atoms with Crippen molar-refractivity contribution in [3.8, 4) is 0 Å². The minimum absolute atomic E-state index is 0. The molecule has 1 aliphatic rings. The molecule has 4 nitrogen and oxygen atoms in total. The maximum atomic E-state index is 10.8. The molecule has 5 heteroatoms. The second-order valence-corrected chi connectivity index (χ2v) is 3.33. The van der Waals surface area contributed by atoms with E-state index in [1.165, 1.54) is 0 Å². The molecule has 3 N–H and O–H groups in total. The molecule has 0 bridgehead atoms. The van der Waals surface area contributed by atoms with Crippen LogP contribution in [0.1, 0.15) is 19.3 Å². The number of carbonyl (C=O) groups is 1. The van der Waals surface area contributed by atoms with E-state index in [9.17, 15) is 4.79 Å². The highest BCUT2D eigenvalue weighted by Gasteiger charge is 2.19. The fourth-order valence-corrected chi connectivity index (χ4v) is 1.58. The molecule has 13 heavy (non-hydrogen) atoms. The number of hydrogen-bond donors (Lipinski definition) is 2. The summed E-state index contributed by atoms with van der Waals surface area (Å²) in [7, 11) is 0. The van der Waals surface area contributed by atoms with Crippen LogP contribution in [0.15, 0.2) is 0 Å². The van der Waals surface area contributed by atoms with Gasteiger partial charge in [0, 0.05) is 19.7 Å². The lowest BCUT2D eigenvalue weighted by Gasteiger charge is -2.20. The van der Waals surface area contributed by atoms with E-state index in [0.29, 0.717) is 6.54 Å². The number of amides is 2. The summed E-state index contributed by atoms with van der Waals surface area (Å²) in [5.41, 5.74) is 5.16. The molecule has 0 aromatic rings. The molecule has 0 aromatic carbocycles. The smallest absolute Gasteiger partial charge is 0.314 e. The van der Waals surface area contributed by atoms with Gasteiger partial charge in [0.15, 0.2) is 0 Å². The molecule has 1 fully saturated rings. The molecule has 1 heterocycles. The van der Waals surface area contributed by atoms with E-state index in [2.05, 4.69) is 0 Å². The van der Waals surface area contributed by atoms with Crippen LogP contribution in [0.5, 0.6) is 0 Å². The topological polar surface area (TPSA) is 66.6 Å². The van der Waals surface area contributed by atoms with Crippen molar-refractivity contribution in [1.29, 1.82) is 0 Å². The van der Waals surface area contributed by atoms with Gasteiger partial charge in [-0.25, -0.2) is 4.79 Å². The molecular weight excluding hydrogens is 192 g/mol. The summed E-state index contributed by atoms with van der Waals surface area (Å²) < 4.78 is 0. The molecule has 1 atom stereocenters. The second-order valence-electron chi connectivity index (χ2n) is 3.33. The van der Waals surface area contributed by atoms with Crippen LogP contribution in [-0.4, -0.2) is 35.7 Å². The molecule has 0 aliphatic carbocycles. The Balaban J connectivity index is 0.00000144. The average Bonchev–Trinajstić information content (AvgIpc) is 2.28. The Morgan fingerprint density at radius 1 is 1.54 bits per heavy atom. The number of rotatable bonds is 1. The van der Waals surface area contributed by atoms with Crippen molar-refractivity contribution in [2.45, 2.75) is 19.3 Å². The molecule has 0 radical (unpaired) electrons. The van der Waals surface area contributed by atoms with E-state index in [1.54, 1.807) is 4.90 Å². The summed E-state index contributed by atoms with van der Waals surface area (Å²) in [6.07, 6.45) is 3.08. The maximum absolute atomic E-state index is 10.8. The van der Waals surface area contributed by atoms with Crippen LogP contribution in [0.4, 0.5) is 4.79 Å². The fourth-order valence-electron chi connectivity index (χ4n) is 1.58. The molecule has 1 saturated heterocycles. The molecule has 1 rings (SSSR count). The first-order chi connectivity index (χ1) is 5.74. The standard InChI is InChI=1S/C8H16N2O2.ClH/c9-8(12)10-4-2-1-3-7(5-10)6-11;/h7,11H,1-6H2,(H2,9,12);1H. The van der Waals surface area contributed by atoms with Gasteiger partial charge < -0.3 is 15.7 Å². The Hall–Kier alpha value is -0.480. The van der Waals surface area contributed by atoms with Crippen LogP contribution in [0, 0.1) is 5.92 Å². The zero-order valence-corrected chi connectivity index (χ0v) is 8.42. The monoisotopic (exact) mass is 208 g/mol. The summed E-state index contributed by atoms with van der Waals surface area (Å²) in [4.78, 5) is 12.5. The number of carbonyl (C=O) groups excluding carboxylic acids is 1. The third-order valence-electron chi connectivity index (χ3n) is 2.34. The average molecular weight is 209 g/mol. The minimum atomic E-state index is -0.365. The number of likely N-dealkylation sites (tertiary alicyclic amines) is 1. The summed E-state index contributed by atoms with van der Waals surface area (Å²) in [5, 5.41) is 8.94. The highest BCUT2D eigenvalue weighted by molar-refractivity contribution is 5.85. The van der Waals surface area contributed by atoms with Gasteiger partial charge in [-0.1, -0.05) is 6.42 Å². The van der Waals surface area contributed by atoms with Crippen molar-refractivity contribution in [2.75, 3.05) is 19.7 Å². The lowest BCUT2D eigenvalue weighted by Crippen LogP contribution is -2.39. The SMILES string of the molecule is Cl.NC(=O)N1CCCCC(CO)C1. The number of urea groups is 1. The number of nitrogens with two attached hydrogens (primary N) is 1. The van der Waals surface area contributed by atoms with Crippen molar-refractivity contribution < 1.29 is 9.90 Å². The molecule has 0 saturated carbocycles. The van der Waals surface area contributed by atoms with Gasteiger partial charge in [-0.2, -0.15) is 0 Å². The first-order valence-corrected chi connectivity index (χ1v) is 4.39. The van der Waals surface area contributed by atoms with E-state index in [1.807, 2.05) is 0 Å². The zero-order chi connectivity index (χ0) is 8.97. The van der Waals surface area contributed by atoms with Crippen molar-refractivity contribution in [3.63, 3.8) is 0 Å². The van der Waals surface area contributed by atoms with Gasteiger partial charge in [-0.3, -0.25) is 0 Å². The van der Waals surface area contributed by atoms with Gasteiger partial charge in [-0.05, 0) is 18.8 Å². The van der Waals surface area contributed by atoms with Crippen LogP contribution >= 0.6 is 12.4 Å². The van der Waals surface area contributed by atoms with E-state index in [-0.39, 0.29) is 31.0 Å². The molecular formula is C8H17ClN2O2. The van der Waals surface area contributed by atoms with Crippen molar-refractivity contribution in [2.24, 2.45) is 11.7 Å². The fraction of sp³-hybridized carbons (Fsp3) is 0.875. The summed E-state index contributed by atoms with van der Waals surface area (Å²) in [5.74, 6) is 0.222. The van der Waals surface area contributed by atoms with E-state index < -0.39 is 0 Å². The normalized spacial score (nSPS) is 23.2. The molecule has 0 spiro atoms. The number of aliphatic hydroxyl groups excluding tert-OH is 1. The van der Waals surface area contributed by atoms with Crippen LogP contribution < -0.4 is 5.73 Å². The predicted octanol–water partition coefficient (Wildman–Crippen LogP) is 0.581. The lowest BCUT2D eigenvalue weighted by molar-refractivity contribution is 0.173. The van der Waals surface area contributed by atoms with Crippen molar-refractivity contribution in [1.82, 2.24) is 4.90 Å². The first-order valence-electron chi connectivity index (χ1n) is 4.39. The Labute approximate surface area is 84.5 Å². The van der Waals surface area contributed by atoms with Crippen molar-refractivity contribution in [3.05, 3.63) is 0 Å². The number of nitrogens with zero attached hydrogens (tertiary/aromatic N) is 1. The van der Waals surface area contributed by atoms with Crippen LogP contribution in [0.2, 0.25) is 0 Å². The molecule has 1 unspecified atom stereocenters. The Morgan fingerprint density at radius 3 is 2.77 bits per heavy atom. The molecule has 78 valence electrons. The largest absolute Gasteiger partial charge is 0.396 e. The van der Waals surface area contributed by atoms with Gasteiger partial charge in [0.25, 0.3) is 0 Å². The van der Waals surface area contributed by atoms with Gasteiger partial charge in [0.1, 0.15) is 0 Å². The highest BCUT2D eigenvalue weighted by Crippen LogP contribution is 2.15. The lowest BCUT2D eigenvalue weighted by atomic mass is 10.1. The second kappa shape index (κ2) is 6.05. The van der Waals surface area contributed by atoms with E-state index in [4.69, 9.17) is 10.8 Å². The first kappa shape index (κ1) is 12.5. The number of aliphatic hydroxyl groups is 1. The maximum Gasteiger partial charge on any atom is 0.314 e. The number of primary amides is 1. The van der Waals surface area contributed by atoms with Crippen LogP contribution in [-0.2, 0) is 0 Å². The summed E-state index contributed by atoms with van der Waals surface area (Å²) in [6.45, 7) is 1.52. The van der Waals surface area contributed by atoms with Crippen molar-refractivity contribution >= 4 is 18.4 Å². The minimum Gasteiger partial charge on any atom is -0.396 e. The van der Waals surface area contributed by atoms with E-state index in [0.717, 1.165) is 25.8 Å². The predicted molar refractivity (Wildman–Crippen MR) is 52.8 cm³/mol. The quantitative estimate of drug-likeness (QED) is 0.662. The number of halogens is 1. The highest BCUT2D eigenvalue weighted by atomic mass is 35.5. The zero-order valence-electron chi connectivity index (χ0n) is 7.61. The molecule has 2 amide bonds. The summed E-state index contributed by atoms with van der Waals surface area (Å²) >= 11 is 0.